The second kappa shape index (κ2) is 12.2. The maximum Gasteiger partial charge on any atom is 0.159 e. The lowest BCUT2D eigenvalue weighted by molar-refractivity contribution is 0.669. The van der Waals surface area contributed by atoms with Gasteiger partial charge in [-0.2, -0.15) is 0 Å². The van der Waals surface area contributed by atoms with Crippen molar-refractivity contribution in [1.82, 2.24) is 0 Å². The van der Waals surface area contributed by atoms with Gasteiger partial charge in [0, 0.05) is 39.1 Å². The van der Waals surface area contributed by atoms with Crippen molar-refractivity contribution in [3.05, 3.63) is 194 Å². The third-order valence-electron chi connectivity index (χ3n) is 9.20. The van der Waals surface area contributed by atoms with E-state index in [4.69, 9.17) is 4.42 Å². The van der Waals surface area contributed by atoms with Crippen LogP contribution in [0.25, 0.3) is 43.8 Å². The van der Waals surface area contributed by atoms with E-state index in [1.165, 1.54) is 10.8 Å². The van der Waals surface area contributed by atoms with Gasteiger partial charge in [-0.3, -0.25) is 0 Å². The zero-order valence-corrected chi connectivity index (χ0v) is 26.8. The Bertz CT molecular complexity index is 2500. The Balaban J connectivity index is 1.42. The van der Waals surface area contributed by atoms with Gasteiger partial charge >= 0.3 is 0 Å². The third-order valence-corrected chi connectivity index (χ3v) is 9.20. The van der Waals surface area contributed by atoms with Crippen molar-refractivity contribution in [3.8, 4) is 11.1 Å². The minimum absolute atomic E-state index is 0.836. The summed E-state index contributed by atoms with van der Waals surface area (Å²) in [6.07, 6.45) is 0. The topological polar surface area (TPSA) is 19.6 Å². The molecular formula is C46H32N2O. The number of para-hydroxylation sites is 4. The van der Waals surface area contributed by atoms with Gasteiger partial charge in [-0.25, -0.2) is 0 Å². The molecule has 0 fully saturated rings. The van der Waals surface area contributed by atoms with E-state index in [1.54, 1.807) is 0 Å². The molecule has 3 heteroatoms. The summed E-state index contributed by atoms with van der Waals surface area (Å²) in [6.45, 7) is 0. The number of hydrogen-bond acceptors (Lipinski definition) is 3. The summed E-state index contributed by atoms with van der Waals surface area (Å²) in [5.74, 6) is 0. The van der Waals surface area contributed by atoms with E-state index >= 15 is 0 Å². The highest BCUT2D eigenvalue weighted by Crippen LogP contribution is 2.49. The Morgan fingerprint density at radius 2 is 0.918 bits per heavy atom. The first-order valence-electron chi connectivity index (χ1n) is 16.6. The van der Waals surface area contributed by atoms with Gasteiger partial charge in [-0.15, -0.1) is 0 Å². The van der Waals surface area contributed by atoms with Gasteiger partial charge in [0.15, 0.2) is 5.58 Å². The molecule has 1 aromatic heterocycles. The molecule has 0 aliphatic heterocycles. The van der Waals surface area contributed by atoms with Gasteiger partial charge in [0.1, 0.15) is 5.58 Å². The molecule has 0 saturated carbocycles. The van der Waals surface area contributed by atoms with Gasteiger partial charge in [-0.05, 0) is 77.0 Å². The van der Waals surface area contributed by atoms with E-state index in [2.05, 4.69) is 204 Å². The Morgan fingerprint density at radius 1 is 0.367 bits per heavy atom. The van der Waals surface area contributed by atoms with Gasteiger partial charge in [0.05, 0.1) is 11.4 Å². The van der Waals surface area contributed by atoms with E-state index < -0.39 is 0 Å². The first-order chi connectivity index (χ1) is 24.3. The summed E-state index contributed by atoms with van der Waals surface area (Å²) in [7, 11) is 0. The molecule has 0 unspecified atom stereocenters. The minimum Gasteiger partial charge on any atom is -0.454 e. The Hall–Kier alpha value is -6.58. The standard InChI is InChI=1S/C46H32N2O/c1-5-17-33(18-6-1)39-26-15-16-28-42(39)48(37-24-11-4-12-25-37)43-32-38(47(35-20-7-2-8-21-35)36-22-9-3-10-23-36)31-41-45-40-27-14-13-19-34(40)29-30-44(45)49-46(41)43/h1-32H. The second-order valence-electron chi connectivity index (χ2n) is 12.2. The van der Waals surface area contributed by atoms with Gasteiger partial charge in [0.25, 0.3) is 0 Å². The van der Waals surface area contributed by atoms with Crippen LogP contribution in [0.2, 0.25) is 0 Å². The molecule has 9 rings (SSSR count). The number of fused-ring (bicyclic) bond motifs is 5. The van der Waals surface area contributed by atoms with Crippen molar-refractivity contribution in [1.29, 1.82) is 0 Å². The molecule has 0 saturated heterocycles. The van der Waals surface area contributed by atoms with Crippen molar-refractivity contribution < 1.29 is 4.42 Å². The minimum atomic E-state index is 0.836. The molecule has 0 atom stereocenters. The highest BCUT2D eigenvalue weighted by Gasteiger charge is 2.25. The number of anilines is 6. The Morgan fingerprint density at radius 3 is 1.59 bits per heavy atom. The van der Waals surface area contributed by atoms with Crippen LogP contribution in [0.5, 0.6) is 0 Å². The summed E-state index contributed by atoms with van der Waals surface area (Å²) in [4.78, 5) is 4.69. The number of benzene rings is 8. The van der Waals surface area contributed by atoms with Crippen LogP contribution >= 0.6 is 0 Å². The first-order valence-corrected chi connectivity index (χ1v) is 16.6. The molecular weight excluding hydrogens is 597 g/mol. The molecule has 232 valence electrons. The fraction of sp³-hybridized carbons (Fsp3) is 0. The number of furan rings is 1. The predicted molar refractivity (Wildman–Crippen MR) is 206 cm³/mol. The SMILES string of the molecule is c1ccc(-c2ccccc2N(c2ccccc2)c2cc(N(c3ccccc3)c3ccccc3)cc3c2oc2ccc4ccccc4c23)cc1. The molecule has 0 radical (unpaired) electrons. The number of nitrogens with zero attached hydrogens (tertiary/aromatic N) is 2. The summed E-state index contributed by atoms with van der Waals surface area (Å²) in [5.41, 5.74) is 10.2. The van der Waals surface area contributed by atoms with Crippen LogP contribution in [0.3, 0.4) is 0 Å². The molecule has 0 amide bonds. The fourth-order valence-corrected chi connectivity index (χ4v) is 7.03. The molecule has 0 N–H and O–H groups in total. The number of rotatable bonds is 7. The van der Waals surface area contributed by atoms with E-state index in [1.807, 2.05) is 0 Å². The van der Waals surface area contributed by atoms with Crippen LogP contribution in [0.15, 0.2) is 199 Å². The third kappa shape index (κ3) is 5.09. The maximum absolute atomic E-state index is 6.95. The average Bonchev–Trinajstić information content (AvgIpc) is 3.56. The normalized spacial score (nSPS) is 11.3. The van der Waals surface area contributed by atoms with Crippen molar-refractivity contribution in [2.45, 2.75) is 0 Å². The van der Waals surface area contributed by atoms with Crippen molar-refractivity contribution in [2.75, 3.05) is 9.80 Å². The lowest BCUT2D eigenvalue weighted by Crippen LogP contribution is -2.14. The fourth-order valence-electron chi connectivity index (χ4n) is 7.03. The molecule has 9 aromatic rings. The highest BCUT2D eigenvalue weighted by molar-refractivity contribution is 6.22. The van der Waals surface area contributed by atoms with Gasteiger partial charge in [-0.1, -0.05) is 133 Å². The summed E-state index contributed by atoms with van der Waals surface area (Å²) < 4.78 is 6.95. The van der Waals surface area contributed by atoms with E-state index in [9.17, 15) is 0 Å². The largest absolute Gasteiger partial charge is 0.454 e. The van der Waals surface area contributed by atoms with Crippen LogP contribution in [-0.2, 0) is 0 Å². The molecule has 49 heavy (non-hydrogen) atoms. The summed E-state index contributed by atoms with van der Waals surface area (Å²) in [6, 6.07) is 68.4. The van der Waals surface area contributed by atoms with Gasteiger partial charge < -0.3 is 14.2 Å². The van der Waals surface area contributed by atoms with E-state index in [0.717, 1.165) is 67.2 Å². The molecule has 0 aliphatic rings. The lowest BCUT2D eigenvalue weighted by atomic mass is 10.00. The van der Waals surface area contributed by atoms with E-state index in [0.29, 0.717) is 0 Å². The first kappa shape index (κ1) is 28.6. The van der Waals surface area contributed by atoms with Crippen LogP contribution in [-0.4, -0.2) is 0 Å². The monoisotopic (exact) mass is 628 g/mol. The maximum atomic E-state index is 6.95. The van der Waals surface area contributed by atoms with Crippen molar-refractivity contribution >= 4 is 66.8 Å². The molecule has 0 aliphatic carbocycles. The summed E-state index contributed by atoms with van der Waals surface area (Å²) in [5, 5.41) is 4.53. The lowest BCUT2D eigenvalue weighted by Gasteiger charge is -2.30. The Kier molecular flexibility index (Phi) is 7.14. The van der Waals surface area contributed by atoms with Crippen LogP contribution in [0.1, 0.15) is 0 Å². The second-order valence-corrected chi connectivity index (χ2v) is 12.2. The van der Waals surface area contributed by atoms with E-state index in [-0.39, 0.29) is 0 Å². The molecule has 3 nitrogen and oxygen atoms in total. The molecule has 1 heterocycles. The van der Waals surface area contributed by atoms with Crippen molar-refractivity contribution in [2.24, 2.45) is 0 Å². The van der Waals surface area contributed by atoms with Crippen LogP contribution < -0.4 is 9.80 Å². The smallest absolute Gasteiger partial charge is 0.159 e. The molecule has 0 bridgehead atoms. The summed E-state index contributed by atoms with van der Waals surface area (Å²) >= 11 is 0. The van der Waals surface area contributed by atoms with Crippen LogP contribution in [0, 0.1) is 0 Å². The Labute approximate surface area is 285 Å². The van der Waals surface area contributed by atoms with Gasteiger partial charge in [0.2, 0.25) is 0 Å². The average molecular weight is 629 g/mol. The molecule has 8 aromatic carbocycles. The molecule has 0 spiro atoms. The zero-order chi connectivity index (χ0) is 32.6. The van der Waals surface area contributed by atoms with Crippen LogP contribution in [0.4, 0.5) is 34.1 Å². The van der Waals surface area contributed by atoms with Crippen molar-refractivity contribution in [3.63, 3.8) is 0 Å². The zero-order valence-electron chi connectivity index (χ0n) is 26.8. The quantitative estimate of drug-likeness (QED) is 0.175. The number of hydrogen-bond donors (Lipinski definition) is 0. The predicted octanol–water partition coefficient (Wildman–Crippen LogP) is 13.3. The highest BCUT2D eigenvalue weighted by atomic mass is 16.3.